The predicted octanol–water partition coefficient (Wildman–Crippen LogP) is 1.99. The van der Waals surface area contributed by atoms with Crippen molar-refractivity contribution in [2.24, 2.45) is 5.92 Å². The van der Waals surface area contributed by atoms with Crippen molar-refractivity contribution in [3.8, 4) is 5.75 Å². The molecule has 0 saturated carbocycles. The summed E-state index contributed by atoms with van der Waals surface area (Å²) in [5.41, 5.74) is 1.33. The highest BCUT2D eigenvalue weighted by Gasteiger charge is 2.22. The molecule has 1 aromatic carbocycles. The minimum absolute atomic E-state index is 0.0125. The van der Waals surface area contributed by atoms with Gasteiger partial charge in [-0.3, -0.25) is 9.69 Å². The number of rotatable bonds is 13. The van der Waals surface area contributed by atoms with Crippen molar-refractivity contribution in [2.75, 3.05) is 51.3 Å². The molecular weight excluding hydrogens is 450 g/mol. The molecule has 0 radical (unpaired) electrons. The van der Waals surface area contributed by atoms with Crippen LogP contribution in [0, 0.1) is 12.8 Å². The zero-order valence-corrected chi connectivity index (χ0v) is 21.1. The predicted molar refractivity (Wildman–Crippen MR) is 133 cm³/mol. The van der Waals surface area contributed by atoms with Crippen LogP contribution in [-0.2, 0) is 6.54 Å². The molecule has 1 aliphatic rings. The van der Waals surface area contributed by atoms with Gasteiger partial charge in [0, 0.05) is 25.2 Å². The summed E-state index contributed by atoms with van der Waals surface area (Å²) in [7, 11) is 2.03. The summed E-state index contributed by atoms with van der Waals surface area (Å²) in [6.45, 7) is 7.69. The Balaban J connectivity index is 1.35. The normalized spacial score (nSPS) is 15.4. The van der Waals surface area contributed by atoms with E-state index in [2.05, 4.69) is 32.2 Å². The lowest BCUT2D eigenvalue weighted by atomic mass is 9.92. The molecule has 1 aliphatic heterocycles. The molecule has 1 fully saturated rings. The third-order valence-corrected chi connectivity index (χ3v) is 6.48. The molecule has 3 rings (SSSR count). The van der Waals surface area contributed by atoms with Gasteiger partial charge in [-0.05, 0) is 81.0 Å². The second-order valence-corrected chi connectivity index (χ2v) is 9.26. The van der Waals surface area contributed by atoms with Crippen molar-refractivity contribution < 1.29 is 24.3 Å². The molecule has 0 spiro atoms. The number of anilines is 1. The van der Waals surface area contributed by atoms with Crippen LogP contribution in [0.4, 0.5) is 5.95 Å². The number of aliphatic hydroxyl groups is 2. The van der Waals surface area contributed by atoms with E-state index >= 15 is 0 Å². The highest BCUT2D eigenvalue weighted by molar-refractivity contribution is 5.95. The van der Waals surface area contributed by atoms with Crippen LogP contribution in [0.25, 0.3) is 0 Å². The standard InChI is InChI=1S/C25H39N5O5/c1-4-29(3)16-23-27-25(28-35-23)30-11-9-19(10-12-30)6-5-13-34-21-7-8-22(18(2)14-21)24(33)26-15-20(32)17-31/h7-8,14,19-20,31-32H,4-6,9-13,15-17H2,1-3H3,(H,26,33). The molecule has 2 aromatic rings. The average Bonchev–Trinajstić information content (AvgIpc) is 3.33. The average molecular weight is 490 g/mol. The van der Waals surface area contributed by atoms with Gasteiger partial charge >= 0.3 is 0 Å². The van der Waals surface area contributed by atoms with Gasteiger partial charge in [0.2, 0.25) is 5.89 Å². The summed E-state index contributed by atoms with van der Waals surface area (Å²) in [5.74, 6) is 2.48. The first kappa shape index (κ1) is 26.9. The number of aliphatic hydroxyl groups excluding tert-OH is 2. The minimum atomic E-state index is -0.959. The van der Waals surface area contributed by atoms with E-state index in [0.29, 0.717) is 36.5 Å². The van der Waals surface area contributed by atoms with Crippen LogP contribution in [0.2, 0.25) is 0 Å². The Morgan fingerprint density at radius 1 is 1.37 bits per heavy atom. The maximum atomic E-state index is 12.2. The molecule has 1 amide bonds. The number of carbonyl (C=O) groups is 1. The fourth-order valence-corrected chi connectivity index (χ4v) is 4.12. The first-order valence-electron chi connectivity index (χ1n) is 12.5. The number of nitrogens with one attached hydrogen (secondary N) is 1. The summed E-state index contributed by atoms with van der Waals surface area (Å²) < 4.78 is 11.3. The van der Waals surface area contributed by atoms with Crippen molar-refractivity contribution in [3.05, 3.63) is 35.2 Å². The number of benzene rings is 1. The van der Waals surface area contributed by atoms with Crippen LogP contribution in [0.5, 0.6) is 5.75 Å². The minimum Gasteiger partial charge on any atom is -0.494 e. The van der Waals surface area contributed by atoms with Crippen LogP contribution in [0.3, 0.4) is 0 Å². The molecule has 35 heavy (non-hydrogen) atoms. The Morgan fingerprint density at radius 2 is 2.14 bits per heavy atom. The number of hydrogen-bond acceptors (Lipinski definition) is 9. The van der Waals surface area contributed by atoms with Crippen molar-refractivity contribution in [1.29, 1.82) is 0 Å². The molecule has 3 N–H and O–H groups in total. The van der Waals surface area contributed by atoms with Crippen LogP contribution < -0.4 is 15.0 Å². The van der Waals surface area contributed by atoms with Gasteiger partial charge in [-0.15, -0.1) is 0 Å². The Labute approximate surface area is 207 Å². The molecule has 2 heterocycles. The van der Waals surface area contributed by atoms with E-state index in [1.165, 1.54) is 0 Å². The van der Waals surface area contributed by atoms with Gasteiger partial charge in [0.05, 0.1) is 25.9 Å². The topological polar surface area (TPSA) is 124 Å². The van der Waals surface area contributed by atoms with E-state index in [-0.39, 0.29) is 19.1 Å². The quantitative estimate of drug-likeness (QED) is 0.362. The fourth-order valence-electron chi connectivity index (χ4n) is 4.12. The van der Waals surface area contributed by atoms with Crippen LogP contribution >= 0.6 is 0 Å². The van der Waals surface area contributed by atoms with Crippen molar-refractivity contribution in [1.82, 2.24) is 20.4 Å². The SMILES string of the molecule is CCN(C)Cc1nc(N2CCC(CCCOc3ccc(C(=O)NCC(O)CO)c(C)c3)CC2)no1. The number of hydrogen-bond donors (Lipinski definition) is 3. The number of piperidine rings is 1. The number of nitrogens with zero attached hydrogens (tertiary/aromatic N) is 4. The molecule has 194 valence electrons. The Morgan fingerprint density at radius 3 is 2.83 bits per heavy atom. The van der Waals surface area contributed by atoms with Crippen LogP contribution in [0.1, 0.15) is 54.4 Å². The molecular formula is C25H39N5O5. The summed E-state index contributed by atoms with van der Waals surface area (Å²) in [5, 5.41) is 25.0. The molecule has 1 atom stereocenters. The Bertz CT molecular complexity index is 929. The summed E-state index contributed by atoms with van der Waals surface area (Å²) in [6, 6.07) is 5.37. The van der Waals surface area contributed by atoms with Gasteiger partial charge in [0.15, 0.2) is 0 Å². The van der Waals surface area contributed by atoms with E-state index < -0.39 is 6.10 Å². The van der Waals surface area contributed by atoms with Crippen molar-refractivity contribution in [3.63, 3.8) is 0 Å². The largest absolute Gasteiger partial charge is 0.494 e. The summed E-state index contributed by atoms with van der Waals surface area (Å²) in [4.78, 5) is 21.1. The Hall–Kier alpha value is -2.69. The van der Waals surface area contributed by atoms with E-state index in [1.807, 2.05) is 20.0 Å². The number of ether oxygens (including phenoxy) is 1. The Kier molecular flexibility index (Phi) is 10.3. The first-order chi connectivity index (χ1) is 16.9. The molecule has 10 nitrogen and oxygen atoms in total. The van der Waals surface area contributed by atoms with Crippen molar-refractivity contribution in [2.45, 2.75) is 52.2 Å². The smallest absolute Gasteiger partial charge is 0.266 e. The molecule has 1 saturated heterocycles. The summed E-state index contributed by atoms with van der Waals surface area (Å²) >= 11 is 0. The lowest BCUT2D eigenvalue weighted by Gasteiger charge is -2.30. The van der Waals surface area contributed by atoms with Gasteiger partial charge in [0.25, 0.3) is 11.9 Å². The van der Waals surface area contributed by atoms with Gasteiger partial charge in [0.1, 0.15) is 5.75 Å². The van der Waals surface area contributed by atoms with Gasteiger partial charge in [-0.25, -0.2) is 0 Å². The second-order valence-electron chi connectivity index (χ2n) is 9.26. The maximum absolute atomic E-state index is 12.2. The van der Waals surface area contributed by atoms with E-state index in [9.17, 15) is 9.90 Å². The fraction of sp³-hybridized carbons (Fsp3) is 0.640. The zero-order valence-electron chi connectivity index (χ0n) is 21.1. The van der Waals surface area contributed by atoms with Crippen molar-refractivity contribution >= 4 is 11.9 Å². The molecule has 1 aromatic heterocycles. The third-order valence-electron chi connectivity index (χ3n) is 6.48. The lowest BCUT2D eigenvalue weighted by Crippen LogP contribution is -2.34. The summed E-state index contributed by atoms with van der Waals surface area (Å²) in [6.07, 6.45) is 3.33. The first-order valence-corrected chi connectivity index (χ1v) is 12.5. The van der Waals surface area contributed by atoms with Crippen LogP contribution in [-0.4, -0.2) is 83.7 Å². The molecule has 0 aliphatic carbocycles. The number of aromatic nitrogens is 2. The number of carbonyl (C=O) groups excluding carboxylic acids is 1. The molecule has 0 bridgehead atoms. The van der Waals surface area contributed by atoms with Gasteiger partial charge in [-0.2, -0.15) is 4.98 Å². The maximum Gasteiger partial charge on any atom is 0.266 e. The van der Waals surface area contributed by atoms with Gasteiger partial charge in [-0.1, -0.05) is 6.92 Å². The van der Waals surface area contributed by atoms with E-state index in [4.69, 9.17) is 14.4 Å². The van der Waals surface area contributed by atoms with E-state index in [1.54, 1.807) is 12.1 Å². The third kappa shape index (κ3) is 8.19. The molecule has 1 unspecified atom stereocenters. The number of amides is 1. The van der Waals surface area contributed by atoms with E-state index in [0.717, 1.165) is 56.6 Å². The monoisotopic (exact) mass is 489 g/mol. The number of aryl methyl sites for hydroxylation is 1. The lowest BCUT2D eigenvalue weighted by molar-refractivity contribution is 0.0801. The highest BCUT2D eigenvalue weighted by Crippen LogP contribution is 2.25. The van der Waals surface area contributed by atoms with Crippen LogP contribution in [0.15, 0.2) is 22.7 Å². The van der Waals surface area contributed by atoms with Gasteiger partial charge < -0.3 is 29.7 Å². The highest BCUT2D eigenvalue weighted by atomic mass is 16.5. The second kappa shape index (κ2) is 13.4. The molecule has 10 heteroatoms. The zero-order chi connectivity index (χ0) is 25.2.